The molecule has 1 atom stereocenters. The molecule has 0 fully saturated rings. The number of rotatable bonds is 5. The van der Waals surface area contributed by atoms with Crippen molar-refractivity contribution in [3.8, 4) is 0 Å². The Morgan fingerprint density at radius 3 is 2.48 bits per heavy atom. The van der Waals surface area contributed by atoms with E-state index in [1.54, 1.807) is 0 Å². The van der Waals surface area contributed by atoms with Gasteiger partial charge in [-0.2, -0.15) is 0 Å². The second-order valence-electron chi connectivity index (χ2n) is 5.34. The first-order valence-corrected chi connectivity index (χ1v) is 7.41. The van der Waals surface area contributed by atoms with E-state index in [-0.39, 0.29) is 0 Å². The Morgan fingerprint density at radius 1 is 0.952 bits per heavy atom. The highest BCUT2D eigenvalue weighted by atomic mass is 14.9. The van der Waals surface area contributed by atoms with Crippen molar-refractivity contribution in [3.05, 3.63) is 78.1 Å². The van der Waals surface area contributed by atoms with Gasteiger partial charge in [-0.15, -0.1) is 0 Å². The molecule has 0 radical (unpaired) electrons. The molecule has 2 heteroatoms. The van der Waals surface area contributed by atoms with Crippen molar-refractivity contribution in [2.45, 2.75) is 18.9 Å². The van der Waals surface area contributed by atoms with E-state index in [1.807, 2.05) is 19.4 Å². The molecule has 0 bridgehead atoms. The number of aromatic nitrogens is 1. The van der Waals surface area contributed by atoms with E-state index in [4.69, 9.17) is 0 Å². The number of benzene rings is 2. The summed E-state index contributed by atoms with van der Waals surface area (Å²) in [5.41, 5.74) is 2.69. The molecule has 0 amide bonds. The largest absolute Gasteiger partial charge is 0.313 e. The molecule has 106 valence electrons. The highest BCUT2D eigenvalue weighted by Crippen LogP contribution is 2.23. The number of hydrogen-bond acceptors (Lipinski definition) is 2. The van der Waals surface area contributed by atoms with Gasteiger partial charge in [0.05, 0.1) is 0 Å². The van der Waals surface area contributed by atoms with Crippen LogP contribution in [0.1, 0.15) is 23.6 Å². The Morgan fingerprint density at radius 2 is 1.71 bits per heavy atom. The van der Waals surface area contributed by atoms with Crippen LogP contribution in [-0.2, 0) is 6.42 Å². The van der Waals surface area contributed by atoms with E-state index in [9.17, 15) is 0 Å². The van der Waals surface area contributed by atoms with E-state index < -0.39 is 0 Å². The summed E-state index contributed by atoms with van der Waals surface area (Å²) in [6, 6.07) is 19.8. The molecule has 2 nitrogen and oxygen atoms in total. The average molecular weight is 276 g/mol. The Labute approximate surface area is 125 Å². The van der Waals surface area contributed by atoms with Gasteiger partial charge in [0.1, 0.15) is 0 Å². The van der Waals surface area contributed by atoms with Crippen molar-refractivity contribution >= 4 is 10.8 Å². The third-order valence-electron chi connectivity index (χ3n) is 4.00. The first kappa shape index (κ1) is 13.8. The van der Waals surface area contributed by atoms with E-state index >= 15 is 0 Å². The lowest BCUT2D eigenvalue weighted by atomic mass is 9.97. The summed E-state index contributed by atoms with van der Waals surface area (Å²) in [5.74, 6) is 0. The highest BCUT2D eigenvalue weighted by molar-refractivity contribution is 5.83. The van der Waals surface area contributed by atoms with Crippen LogP contribution < -0.4 is 5.32 Å². The van der Waals surface area contributed by atoms with E-state index in [2.05, 4.69) is 64.9 Å². The number of fused-ring (bicyclic) bond motifs is 1. The number of aryl methyl sites for hydroxylation is 1. The Balaban J connectivity index is 1.78. The minimum Gasteiger partial charge on any atom is -0.313 e. The Hall–Kier alpha value is -2.19. The molecule has 21 heavy (non-hydrogen) atoms. The molecule has 3 aromatic rings. The highest BCUT2D eigenvalue weighted by Gasteiger charge is 2.09. The van der Waals surface area contributed by atoms with Crippen LogP contribution in [0.5, 0.6) is 0 Å². The minimum atomic E-state index is 0.378. The number of pyridine rings is 1. The van der Waals surface area contributed by atoms with Crippen LogP contribution in [-0.4, -0.2) is 12.0 Å². The average Bonchev–Trinajstić information content (AvgIpc) is 2.56. The van der Waals surface area contributed by atoms with Crippen LogP contribution in [0.4, 0.5) is 0 Å². The van der Waals surface area contributed by atoms with Crippen LogP contribution in [0.15, 0.2) is 67.0 Å². The summed E-state index contributed by atoms with van der Waals surface area (Å²) in [6.07, 6.45) is 5.86. The fourth-order valence-corrected chi connectivity index (χ4v) is 2.76. The van der Waals surface area contributed by atoms with Crippen LogP contribution in [0.3, 0.4) is 0 Å². The predicted molar refractivity (Wildman–Crippen MR) is 88.3 cm³/mol. The van der Waals surface area contributed by atoms with Crippen LogP contribution >= 0.6 is 0 Å². The lowest BCUT2D eigenvalue weighted by Gasteiger charge is -2.17. The van der Waals surface area contributed by atoms with Gasteiger partial charge in [0.2, 0.25) is 0 Å². The molecule has 2 aromatic carbocycles. The molecule has 0 spiro atoms. The number of nitrogens with one attached hydrogen (secondary N) is 1. The lowest BCUT2D eigenvalue weighted by molar-refractivity contribution is 0.549. The molecule has 0 aliphatic carbocycles. The first-order chi connectivity index (χ1) is 10.4. The third-order valence-corrected chi connectivity index (χ3v) is 4.00. The van der Waals surface area contributed by atoms with Crippen LogP contribution in [0.2, 0.25) is 0 Å². The molecule has 0 aliphatic heterocycles. The van der Waals surface area contributed by atoms with Gasteiger partial charge in [0.25, 0.3) is 0 Å². The molecule has 1 aromatic heterocycles. The van der Waals surface area contributed by atoms with Gasteiger partial charge >= 0.3 is 0 Å². The van der Waals surface area contributed by atoms with Gasteiger partial charge in [0.15, 0.2) is 0 Å². The van der Waals surface area contributed by atoms with Crippen LogP contribution in [0, 0.1) is 0 Å². The zero-order chi connectivity index (χ0) is 14.5. The fourth-order valence-electron chi connectivity index (χ4n) is 2.76. The lowest BCUT2D eigenvalue weighted by Crippen LogP contribution is -2.17. The van der Waals surface area contributed by atoms with E-state index in [1.165, 1.54) is 21.9 Å². The molecule has 1 N–H and O–H groups in total. The van der Waals surface area contributed by atoms with E-state index in [0.29, 0.717) is 6.04 Å². The summed E-state index contributed by atoms with van der Waals surface area (Å²) in [6.45, 7) is 0. The Bertz CT molecular complexity index is 707. The van der Waals surface area contributed by atoms with Crippen molar-refractivity contribution < 1.29 is 0 Å². The fraction of sp³-hybridized carbons (Fsp3) is 0.211. The quantitative estimate of drug-likeness (QED) is 0.758. The monoisotopic (exact) mass is 276 g/mol. The third kappa shape index (κ3) is 3.29. The summed E-state index contributed by atoms with van der Waals surface area (Å²) < 4.78 is 0. The smallest absolute Gasteiger partial charge is 0.0320 e. The maximum atomic E-state index is 4.07. The predicted octanol–water partition coefficient (Wildman–Crippen LogP) is 4.13. The summed E-state index contributed by atoms with van der Waals surface area (Å²) >= 11 is 0. The van der Waals surface area contributed by atoms with Crippen molar-refractivity contribution in [2.24, 2.45) is 0 Å². The molecule has 0 saturated carbocycles. The molecule has 0 saturated heterocycles. The van der Waals surface area contributed by atoms with Gasteiger partial charge in [-0.05, 0) is 60.0 Å². The number of nitrogens with zero attached hydrogens (tertiary/aromatic N) is 1. The molecule has 1 unspecified atom stereocenters. The van der Waals surface area contributed by atoms with E-state index in [0.717, 1.165) is 12.8 Å². The molecular formula is C19H20N2. The normalized spacial score (nSPS) is 12.4. The van der Waals surface area contributed by atoms with Gasteiger partial charge in [-0.1, -0.05) is 36.4 Å². The topological polar surface area (TPSA) is 24.9 Å². The summed E-state index contributed by atoms with van der Waals surface area (Å²) in [4.78, 5) is 4.07. The zero-order valence-corrected chi connectivity index (χ0v) is 12.3. The van der Waals surface area contributed by atoms with Gasteiger partial charge < -0.3 is 5.32 Å². The second kappa shape index (κ2) is 6.51. The van der Waals surface area contributed by atoms with Crippen molar-refractivity contribution in [1.29, 1.82) is 0 Å². The van der Waals surface area contributed by atoms with Gasteiger partial charge in [-0.25, -0.2) is 0 Å². The maximum Gasteiger partial charge on any atom is 0.0320 e. The number of hydrogen-bond donors (Lipinski definition) is 1. The van der Waals surface area contributed by atoms with Crippen molar-refractivity contribution in [3.63, 3.8) is 0 Å². The molecule has 0 aliphatic rings. The SMILES string of the molecule is CNC(CCc1ccncc1)c1ccc2ccccc2c1. The summed E-state index contributed by atoms with van der Waals surface area (Å²) in [7, 11) is 2.03. The Kier molecular flexibility index (Phi) is 4.27. The summed E-state index contributed by atoms with van der Waals surface area (Å²) in [5, 5.41) is 6.04. The van der Waals surface area contributed by atoms with Crippen LogP contribution in [0.25, 0.3) is 10.8 Å². The van der Waals surface area contributed by atoms with Gasteiger partial charge in [-0.3, -0.25) is 4.98 Å². The molecular weight excluding hydrogens is 256 g/mol. The minimum absolute atomic E-state index is 0.378. The second-order valence-corrected chi connectivity index (χ2v) is 5.34. The maximum absolute atomic E-state index is 4.07. The zero-order valence-electron chi connectivity index (χ0n) is 12.3. The van der Waals surface area contributed by atoms with Gasteiger partial charge in [0, 0.05) is 18.4 Å². The molecule has 3 rings (SSSR count). The first-order valence-electron chi connectivity index (χ1n) is 7.41. The van der Waals surface area contributed by atoms with Crippen molar-refractivity contribution in [2.75, 3.05) is 7.05 Å². The molecule has 1 heterocycles. The standard InChI is InChI=1S/C19H20N2/c1-20-19(9-6-15-10-12-21-13-11-15)18-8-7-16-4-2-3-5-17(16)14-18/h2-5,7-8,10-14,19-20H,6,9H2,1H3. The van der Waals surface area contributed by atoms with Crippen molar-refractivity contribution in [1.82, 2.24) is 10.3 Å².